The zero-order valence-corrected chi connectivity index (χ0v) is 15.3. The van der Waals surface area contributed by atoms with Gasteiger partial charge in [0.15, 0.2) is 17.0 Å². The molecule has 0 N–H and O–H groups in total. The van der Waals surface area contributed by atoms with Gasteiger partial charge in [0.05, 0.1) is 19.2 Å². The fourth-order valence-electron chi connectivity index (χ4n) is 3.19. The van der Waals surface area contributed by atoms with Crippen LogP contribution >= 0.6 is 0 Å². The normalized spacial score (nSPS) is 18.5. The Morgan fingerprint density at radius 3 is 2.37 bits per heavy atom. The minimum Gasteiger partial charge on any atom is -0.462 e. The first-order valence-corrected chi connectivity index (χ1v) is 8.50. The third-order valence-corrected chi connectivity index (χ3v) is 4.64. The molecule has 5 nitrogen and oxygen atoms in total. The zero-order chi connectivity index (χ0) is 19.8. The topological polar surface area (TPSA) is 60.4 Å². The lowest BCUT2D eigenvalue weighted by molar-refractivity contribution is -0.138. The Morgan fingerprint density at radius 2 is 1.78 bits per heavy atom. The molecule has 1 aliphatic rings. The van der Waals surface area contributed by atoms with E-state index in [0.717, 1.165) is 0 Å². The summed E-state index contributed by atoms with van der Waals surface area (Å²) >= 11 is 0. The summed E-state index contributed by atoms with van der Waals surface area (Å²) in [6, 6.07) is 10.6. The van der Waals surface area contributed by atoms with E-state index >= 15 is 0 Å². The second-order valence-electron chi connectivity index (χ2n) is 6.43. The molecule has 0 bridgehead atoms. The summed E-state index contributed by atoms with van der Waals surface area (Å²) in [5.41, 5.74) is 1.75. The molecule has 1 unspecified atom stereocenters. The van der Waals surface area contributed by atoms with Crippen LogP contribution in [0.1, 0.15) is 34.6 Å². The number of Topliss-reactive ketones (excluding diaryl/α,β-unsaturated/α-hetero) is 2. The molecule has 27 heavy (non-hydrogen) atoms. The summed E-state index contributed by atoms with van der Waals surface area (Å²) in [6.45, 7) is 3.19. The molecule has 6 heteroatoms. The summed E-state index contributed by atoms with van der Waals surface area (Å²) < 4.78 is 18.4. The first-order valence-electron chi connectivity index (χ1n) is 8.50. The Balaban J connectivity index is 2.27. The molecule has 0 aliphatic carbocycles. The van der Waals surface area contributed by atoms with Crippen molar-refractivity contribution in [2.24, 2.45) is 0 Å². The Hall–Kier alpha value is -3.12. The molecule has 0 aromatic heterocycles. The van der Waals surface area contributed by atoms with E-state index in [-0.39, 0.29) is 33.8 Å². The zero-order valence-electron chi connectivity index (χ0n) is 15.3. The molecular formula is C21H19FNO4+. The van der Waals surface area contributed by atoms with Gasteiger partial charge in [0, 0.05) is 23.8 Å². The number of nitrogens with zero attached hydrogens (tertiary/aromatic N) is 1. The van der Waals surface area contributed by atoms with Crippen molar-refractivity contribution in [2.75, 3.05) is 13.7 Å². The van der Waals surface area contributed by atoms with Gasteiger partial charge in [-0.1, -0.05) is 0 Å². The maximum atomic E-state index is 13.4. The van der Waals surface area contributed by atoms with E-state index in [1.807, 2.05) is 0 Å². The van der Waals surface area contributed by atoms with Crippen LogP contribution in [-0.2, 0) is 9.53 Å². The lowest BCUT2D eigenvalue weighted by Crippen LogP contribution is -2.40. The Labute approximate surface area is 156 Å². The first-order chi connectivity index (χ1) is 12.8. The minimum absolute atomic E-state index is 0.0340. The van der Waals surface area contributed by atoms with E-state index in [9.17, 15) is 18.8 Å². The summed E-state index contributed by atoms with van der Waals surface area (Å²) in [7, 11) is 1.78. The summed E-state index contributed by atoms with van der Waals surface area (Å²) in [4.78, 5) is 37.1. The van der Waals surface area contributed by atoms with Crippen LogP contribution in [0, 0.1) is 5.82 Å². The van der Waals surface area contributed by atoms with E-state index in [4.69, 9.17) is 4.74 Å². The lowest BCUT2D eigenvalue weighted by Gasteiger charge is -2.34. The van der Waals surface area contributed by atoms with Gasteiger partial charge in [0.1, 0.15) is 17.7 Å². The van der Waals surface area contributed by atoms with Gasteiger partial charge in [-0.15, -0.1) is 0 Å². The van der Waals surface area contributed by atoms with Gasteiger partial charge in [-0.05, 0) is 38.1 Å². The van der Waals surface area contributed by atoms with Gasteiger partial charge >= 0.3 is 5.97 Å². The number of ketones is 2. The van der Waals surface area contributed by atoms with Crippen LogP contribution in [-0.4, -0.2) is 31.2 Å². The van der Waals surface area contributed by atoms with Crippen molar-refractivity contribution >= 4 is 28.9 Å². The second-order valence-corrected chi connectivity index (χ2v) is 6.43. The molecule has 0 saturated heterocycles. The first kappa shape index (κ1) is 18.7. The molecule has 0 spiro atoms. The van der Waals surface area contributed by atoms with Crippen LogP contribution in [0.4, 0.5) is 15.8 Å². The van der Waals surface area contributed by atoms with Crippen molar-refractivity contribution in [1.82, 2.24) is 4.48 Å². The quantitative estimate of drug-likeness (QED) is 0.355. The third-order valence-electron chi connectivity index (χ3n) is 4.64. The number of hydrogen-bond acceptors (Lipinski definition) is 4. The number of esters is 1. The monoisotopic (exact) mass is 368 g/mol. The van der Waals surface area contributed by atoms with Gasteiger partial charge in [-0.3, -0.25) is 9.59 Å². The van der Waals surface area contributed by atoms with Crippen molar-refractivity contribution in [2.45, 2.75) is 13.8 Å². The summed E-state index contributed by atoms with van der Waals surface area (Å²) in [5, 5.41) is 0. The van der Waals surface area contributed by atoms with Crippen molar-refractivity contribution < 1.29 is 23.5 Å². The molecule has 138 valence electrons. The molecular weight excluding hydrogens is 349 g/mol. The van der Waals surface area contributed by atoms with Gasteiger partial charge in [-0.25, -0.2) is 13.7 Å². The minimum atomic E-state index is -0.729. The van der Waals surface area contributed by atoms with Crippen LogP contribution in [0.5, 0.6) is 0 Å². The molecule has 1 aliphatic heterocycles. The number of quaternary nitrogens is 1. The highest BCUT2D eigenvalue weighted by atomic mass is 19.1. The SMILES string of the molecule is CCOC(=O)C1=C[N+](C)(c2ccc(F)cc2)c2ccc(C(C)=O)cc2C1=O. The maximum absolute atomic E-state index is 13.4. The standard InChI is InChI=1S/C21H19FNO4/c1-4-27-21(26)18-12-23(3,16-8-6-15(22)7-9-16)19-10-5-14(13(2)24)11-17(19)20(18)25/h5-12H,4H2,1-3H3/q+1. The predicted molar refractivity (Wildman–Crippen MR) is 99.3 cm³/mol. The maximum Gasteiger partial charge on any atom is 0.347 e. The Kier molecular flexibility index (Phi) is 4.76. The van der Waals surface area contributed by atoms with Crippen LogP contribution in [0.25, 0.3) is 0 Å². The Morgan fingerprint density at radius 1 is 1.11 bits per heavy atom. The molecule has 0 amide bonds. The molecule has 2 aromatic carbocycles. The lowest BCUT2D eigenvalue weighted by atomic mass is 9.93. The van der Waals surface area contributed by atoms with Gasteiger partial charge in [0.25, 0.3) is 0 Å². The number of fused-ring (bicyclic) bond motifs is 1. The number of carbonyl (C=O) groups excluding carboxylic acids is 3. The third kappa shape index (κ3) is 3.19. The number of benzene rings is 2. The highest BCUT2D eigenvalue weighted by molar-refractivity contribution is 6.27. The number of rotatable bonds is 4. The smallest absolute Gasteiger partial charge is 0.347 e. The molecule has 3 rings (SSSR count). The number of carbonyl (C=O) groups is 3. The van der Waals surface area contributed by atoms with Crippen molar-refractivity contribution in [3.8, 4) is 0 Å². The average molecular weight is 368 g/mol. The molecule has 1 atom stereocenters. The van der Waals surface area contributed by atoms with Crippen molar-refractivity contribution in [3.63, 3.8) is 0 Å². The average Bonchev–Trinajstić information content (AvgIpc) is 2.65. The summed E-state index contributed by atoms with van der Waals surface area (Å²) in [6.07, 6.45) is 1.50. The van der Waals surface area contributed by atoms with E-state index in [1.54, 1.807) is 38.2 Å². The fourth-order valence-corrected chi connectivity index (χ4v) is 3.19. The van der Waals surface area contributed by atoms with Gasteiger partial charge in [-0.2, -0.15) is 0 Å². The number of ether oxygens (including phenoxy) is 1. The van der Waals surface area contributed by atoms with Crippen molar-refractivity contribution in [3.05, 3.63) is 71.2 Å². The fraction of sp³-hybridized carbons (Fsp3) is 0.190. The van der Waals surface area contributed by atoms with Gasteiger partial charge in [0.2, 0.25) is 5.78 Å². The molecule has 0 radical (unpaired) electrons. The van der Waals surface area contributed by atoms with Crippen LogP contribution in [0.3, 0.4) is 0 Å². The van der Waals surface area contributed by atoms with Crippen LogP contribution < -0.4 is 4.48 Å². The van der Waals surface area contributed by atoms with Crippen LogP contribution in [0.2, 0.25) is 0 Å². The molecule has 2 aromatic rings. The molecule has 1 heterocycles. The van der Waals surface area contributed by atoms with Crippen LogP contribution in [0.15, 0.2) is 54.2 Å². The van der Waals surface area contributed by atoms with Gasteiger partial charge < -0.3 is 4.74 Å². The largest absolute Gasteiger partial charge is 0.462 e. The van der Waals surface area contributed by atoms with E-state index in [2.05, 4.69) is 0 Å². The van der Waals surface area contributed by atoms with E-state index in [1.165, 1.54) is 31.3 Å². The highest BCUT2D eigenvalue weighted by Crippen LogP contribution is 2.41. The number of hydrogen-bond donors (Lipinski definition) is 0. The van der Waals surface area contributed by atoms with Crippen molar-refractivity contribution in [1.29, 1.82) is 0 Å². The Bertz CT molecular complexity index is 978. The molecule has 0 fully saturated rings. The number of halogens is 1. The predicted octanol–water partition coefficient (Wildman–Crippen LogP) is 3.94. The summed E-state index contributed by atoms with van der Waals surface area (Å²) in [5.74, 6) is -1.80. The van der Waals surface area contributed by atoms with E-state index < -0.39 is 11.8 Å². The highest BCUT2D eigenvalue weighted by Gasteiger charge is 2.41. The molecule has 0 saturated carbocycles. The van der Waals surface area contributed by atoms with E-state index in [0.29, 0.717) is 16.9 Å². The second kappa shape index (κ2) is 6.89.